The van der Waals surface area contributed by atoms with Crippen LogP contribution >= 0.6 is 0 Å². The second-order valence-corrected chi connectivity index (χ2v) is 6.56. The number of H-pyrrole nitrogens is 1. The van der Waals surface area contributed by atoms with E-state index in [4.69, 9.17) is 10.5 Å². The molecular formula is C16H24N4O8. The molecule has 2 heterocycles. The van der Waals surface area contributed by atoms with Crippen LogP contribution in [0.5, 0.6) is 0 Å². The fourth-order valence-electron chi connectivity index (χ4n) is 2.92. The second kappa shape index (κ2) is 9.10. The Balaban J connectivity index is 2.21. The van der Waals surface area contributed by atoms with Crippen molar-refractivity contribution >= 4 is 11.9 Å². The van der Waals surface area contributed by atoms with E-state index < -0.39 is 59.7 Å². The first-order chi connectivity index (χ1) is 13.2. The van der Waals surface area contributed by atoms with Crippen molar-refractivity contribution in [3.63, 3.8) is 0 Å². The maximum Gasteiger partial charge on any atom is 0.330 e. The Morgan fingerprint density at radius 2 is 2.04 bits per heavy atom. The van der Waals surface area contributed by atoms with Crippen LogP contribution in [0.25, 0.3) is 0 Å². The van der Waals surface area contributed by atoms with Crippen molar-refractivity contribution in [1.29, 1.82) is 0 Å². The number of aliphatic hydroxyl groups is 2. The third kappa shape index (κ3) is 4.65. The third-order valence-corrected chi connectivity index (χ3v) is 4.50. The Hall–Kier alpha value is -2.54. The summed E-state index contributed by atoms with van der Waals surface area (Å²) in [4.78, 5) is 48.8. The second-order valence-electron chi connectivity index (χ2n) is 6.56. The molecule has 2 unspecified atom stereocenters. The highest BCUT2D eigenvalue weighted by atomic mass is 16.6. The van der Waals surface area contributed by atoms with E-state index in [1.165, 1.54) is 0 Å². The molecule has 156 valence electrons. The SMILES string of the molecule is CCCCC(N)C(=O)NC(C(=O)O)[C@H]1O[C@@H](n2ccc(=O)[nH]c2=O)[C@H](O)[C@@H]1O. The van der Waals surface area contributed by atoms with Gasteiger partial charge in [0.15, 0.2) is 12.3 Å². The van der Waals surface area contributed by atoms with Gasteiger partial charge in [0.25, 0.3) is 5.56 Å². The van der Waals surface area contributed by atoms with E-state index in [9.17, 15) is 34.5 Å². The van der Waals surface area contributed by atoms with E-state index in [1.807, 2.05) is 11.9 Å². The minimum Gasteiger partial charge on any atom is -0.480 e. The van der Waals surface area contributed by atoms with Crippen LogP contribution in [0.1, 0.15) is 32.4 Å². The predicted molar refractivity (Wildman–Crippen MR) is 94.3 cm³/mol. The molecule has 7 N–H and O–H groups in total. The van der Waals surface area contributed by atoms with E-state index in [0.29, 0.717) is 12.8 Å². The van der Waals surface area contributed by atoms with Crippen LogP contribution in [0.2, 0.25) is 0 Å². The summed E-state index contributed by atoms with van der Waals surface area (Å²) in [6, 6.07) is -1.66. The Labute approximate surface area is 158 Å². The number of aliphatic carboxylic acids is 1. The number of aromatic amines is 1. The van der Waals surface area contributed by atoms with Crippen molar-refractivity contribution < 1.29 is 29.6 Å². The zero-order chi connectivity index (χ0) is 21.0. The van der Waals surface area contributed by atoms with Crippen LogP contribution in [-0.2, 0) is 14.3 Å². The minimum absolute atomic E-state index is 0.348. The summed E-state index contributed by atoms with van der Waals surface area (Å²) < 4.78 is 6.19. The molecular weight excluding hydrogens is 376 g/mol. The molecule has 1 aromatic rings. The number of carboxylic acid groups (broad SMARTS) is 1. The van der Waals surface area contributed by atoms with E-state index in [-0.39, 0.29) is 0 Å². The van der Waals surface area contributed by atoms with Crippen molar-refractivity contribution in [2.45, 2.75) is 62.8 Å². The smallest absolute Gasteiger partial charge is 0.330 e. The van der Waals surface area contributed by atoms with Crippen LogP contribution in [-0.4, -0.2) is 67.1 Å². The molecule has 0 spiro atoms. The van der Waals surface area contributed by atoms with Gasteiger partial charge in [0.2, 0.25) is 5.91 Å². The lowest BCUT2D eigenvalue weighted by Crippen LogP contribution is -2.56. The van der Waals surface area contributed by atoms with Gasteiger partial charge in [-0.2, -0.15) is 0 Å². The van der Waals surface area contributed by atoms with Gasteiger partial charge in [0.1, 0.15) is 18.3 Å². The Morgan fingerprint density at radius 3 is 2.61 bits per heavy atom. The molecule has 28 heavy (non-hydrogen) atoms. The minimum atomic E-state index is -1.72. The highest BCUT2D eigenvalue weighted by Gasteiger charge is 2.50. The molecule has 0 aliphatic carbocycles. The first-order valence-electron chi connectivity index (χ1n) is 8.79. The summed E-state index contributed by atoms with van der Waals surface area (Å²) >= 11 is 0. The number of amides is 1. The van der Waals surface area contributed by atoms with Gasteiger partial charge in [0.05, 0.1) is 6.04 Å². The number of nitrogens with zero attached hydrogens (tertiary/aromatic N) is 1. The number of hydrogen-bond acceptors (Lipinski definition) is 8. The number of hydrogen-bond donors (Lipinski definition) is 6. The predicted octanol–water partition coefficient (Wildman–Crippen LogP) is -2.76. The van der Waals surface area contributed by atoms with Crippen molar-refractivity contribution in [3.05, 3.63) is 33.1 Å². The number of nitrogens with two attached hydrogens (primary N) is 1. The first kappa shape index (κ1) is 21.8. The molecule has 0 aromatic carbocycles. The van der Waals surface area contributed by atoms with Crippen molar-refractivity contribution in [2.24, 2.45) is 5.73 Å². The fraction of sp³-hybridized carbons (Fsp3) is 0.625. The molecule has 12 nitrogen and oxygen atoms in total. The first-order valence-corrected chi connectivity index (χ1v) is 8.79. The molecule has 1 aromatic heterocycles. The quantitative estimate of drug-likeness (QED) is 0.268. The number of nitrogens with one attached hydrogen (secondary N) is 2. The van der Waals surface area contributed by atoms with E-state index >= 15 is 0 Å². The number of aliphatic hydroxyl groups excluding tert-OH is 2. The number of unbranched alkanes of at least 4 members (excludes halogenated alkanes) is 1. The van der Waals surface area contributed by atoms with Gasteiger partial charge in [-0.25, -0.2) is 9.59 Å². The molecule has 0 radical (unpaired) electrons. The van der Waals surface area contributed by atoms with E-state index in [1.54, 1.807) is 0 Å². The largest absolute Gasteiger partial charge is 0.480 e. The molecule has 1 saturated heterocycles. The lowest BCUT2D eigenvalue weighted by molar-refractivity contribution is -0.149. The number of carbonyl (C=O) groups excluding carboxylic acids is 1. The summed E-state index contributed by atoms with van der Waals surface area (Å²) in [6.45, 7) is 1.91. The molecule has 0 saturated carbocycles. The van der Waals surface area contributed by atoms with Crippen LogP contribution in [0, 0.1) is 0 Å². The summed E-state index contributed by atoms with van der Waals surface area (Å²) in [5.74, 6) is -2.25. The molecule has 6 atom stereocenters. The fourth-order valence-corrected chi connectivity index (χ4v) is 2.92. The maximum atomic E-state index is 12.2. The Bertz CT molecular complexity index is 821. The van der Waals surface area contributed by atoms with Crippen molar-refractivity contribution in [1.82, 2.24) is 14.9 Å². The highest BCUT2D eigenvalue weighted by Crippen LogP contribution is 2.30. The van der Waals surface area contributed by atoms with Crippen LogP contribution in [0.15, 0.2) is 21.9 Å². The standard InChI is InChI=1S/C16H24N4O8/c1-2-3-4-7(17)13(24)19-9(15(25)26)12-10(22)11(23)14(28-12)20-6-5-8(21)18-16(20)27/h5-7,9-12,14,22-23H,2-4,17H2,1H3,(H,19,24)(H,25,26)(H,18,21,27)/t7?,9?,10-,11+,12+,14+/m0/s1. The van der Waals surface area contributed by atoms with Gasteiger partial charge in [0, 0.05) is 12.3 Å². The van der Waals surface area contributed by atoms with Crippen LogP contribution in [0.3, 0.4) is 0 Å². The van der Waals surface area contributed by atoms with Crippen molar-refractivity contribution in [2.75, 3.05) is 0 Å². The highest BCUT2D eigenvalue weighted by molar-refractivity contribution is 5.87. The monoisotopic (exact) mass is 400 g/mol. The van der Waals surface area contributed by atoms with Gasteiger partial charge >= 0.3 is 11.7 Å². The Morgan fingerprint density at radius 1 is 1.36 bits per heavy atom. The molecule has 1 aliphatic rings. The van der Waals surface area contributed by atoms with E-state index in [0.717, 1.165) is 23.3 Å². The van der Waals surface area contributed by atoms with Crippen LogP contribution in [0.4, 0.5) is 0 Å². The number of rotatable bonds is 8. The zero-order valence-electron chi connectivity index (χ0n) is 15.1. The Kier molecular flexibility index (Phi) is 7.07. The van der Waals surface area contributed by atoms with Gasteiger partial charge in [-0.3, -0.25) is 19.1 Å². The number of carboxylic acids is 1. The van der Waals surface area contributed by atoms with E-state index in [2.05, 4.69) is 5.32 Å². The van der Waals surface area contributed by atoms with Crippen molar-refractivity contribution in [3.8, 4) is 0 Å². The third-order valence-electron chi connectivity index (χ3n) is 4.50. The summed E-state index contributed by atoms with van der Waals surface area (Å²) in [5.41, 5.74) is 4.13. The summed E-state index contributed by atoms with van der Waals surface area (Å²) in [7, 11) is 0. The normalized spacial score (nSPS) is 26.6. The average Bonchev–Trinajstić information content (AvgIpc) is 2.92. The van der Waals surface area contributed by atoms with Crippen LogP contribution < -0.4 is 22.3 Å². The topological polar surface area (TPSA) is 197 Å². The summed E-state index contributed by atoms with van der Waals surface area (Å²) in [5, 5.41) is 32.1. The molecule has 2 rings (SSSR count). The molecule has 1 aliphatic heterocycles. The van der Waals surface area contributed by atoms with Gasteiger partial charge < -0.3 is 31.1 Å². The number of ether oxygens (including phenoxy) is 1. The maximum absolute atomic E-state index is 12.2. The zero-order valence-corrected chi connectivity index (χ0v) is 15.1. The molecule has 12 heteroatoms. The lowest BCUT2D eigenvalue weighted by atomic mass is 10.0. The van der Waals surface area contributed by atoms with Gasteiger partial charge in [-0.05, 0) is 6.42 Å². The molecule has 1 amide bonds. The molecule has 0 bridgehead atoms. The van der Waals surface area contributed by atoms with Gasteiger partial charge in [-0.1, -0.05) is 19.8 Å². The number of aromatic nitrogens is 2. The van der Waals surface area contributed by atoms with Gasteiger partial charge in [-0.15, -0.1) is 0 Å². The average molecular weight is 400 g/mol. The molecule has 1 fully saturated rings. The number of carbonyl (C=O) groups is 2. The summed E-state index contributed by atoms with van der Waals surface area (Å²) in [6.07, 6.45) is -3.56. The lowest BCUT2D eigenvalue weighted by Gasteiger charge is -2.24.